The van der Waals surface area contributed by atoms with Crippen LogP contribution in [-0.2, 0) is 11.2 Å². The normalized spacial score (nSPS) is 10.1. The molecule has 0 aromatic carbocycles. The molecule has 0 amide bonds. The Morgan fingerprint density at radius 3 is 3.00 bits per heavy atom. The summed E-state index contributed by atoms with van der Waals surface area (Å²) in [4.78, 5) is 14.2. The molecule has 0 spiro atoms. The summed E-state index contributed by atoms with van der Waals surface area (Å²) in [6.45, 7) is 1.84. The van der Waals surface area contributed by atoms with Crippen LogP contribution in [-0.4, -0.2) is 16.1 Å². The molecular formula is C8H11NO3. The monoisotopic (exact) mass is 169 g/mol. The Labute approximate surface area is 70.2 Å². The number of hydrogen-bond acceptors (Lipinski definition) is 3. The Hall–Kier alpha value is -1.32. The molecule has 12 heavy (non-hydrogen) atoms. The van der Waals surface area contributed by atoms with Gasteiger partial charge < -0.3 is 9.52 Å². The Kier molecular flexibility index (Phi) is 2.85. The second-order valence-corrected chi connectivity index (χ2v) is 2.63. The fraction of sp³-hybridized carbons (Fsp3) is 0.500. The van der Waals surface area contributed by atoms with Gasteiger partial charge in [0.15, 0.2) is 5.89 Å². The van der Waals surface area contributed by atoms with E-state index in [9.17, 15) is 4.79 Å². The third kappa shape index (κ3) is 2.74. The van der Waals surface area contributed by atoms with Crippen molar-refractivity contribution in [3.05, 3.63) is 17.8 Å². The van der Waals surface area contributed by atoms with Crippen LogP contribution in [0.3, 0.4) is 0 Å². The summed E-state index contributed by atoms with van der Waals surface area (Å²) in [5, 5.41) is 8.35. The highest BCUT2D eigenvalue weighted by Crippen LogP contribution is 2.04. The SMILES string of the molecule is Cc1coc(CCCC(=O)O)n1. The van der Waals surface area contributed by atoms with Crippen molar-refractivity contribution in [2.45, 2.75) is 26.2 Å². The quantitative estimate of drug-likeness (QED) is 0.739. The predicted molar refractivity (Wildman–Crippen MR) is 41.8 cm³/mol. The molecule has 0 aliphatic rings. The molecule has 4 nitrogen and oxygen atoms in total. The van der Waals surface area contributed by atoms with E-state index in [1.807, 2.05) is 6.92 Å². The number of aromatic nitrogens is 1. The van der Waals surface area contributed by atoms with Crippen molar-refractivity contribution in [2.75, 3.05) is 0 Å². The first-order valence-corrected chi connectivity index (χ1v) is 3.81. The van der Waals surface area contributed by atoms with Crippen molar-refractivity contribution in [2.24, 2.45) is 0 Å². The number of nitrogens with zero attached hydrogens (tertiary/aromatic N) is 1. The summed E-state index contributed by atoms with van der Waals surface area (Å²) < 4.78 is 5.04. The molecule has 1 rings (SSSR count). The molecule has 66 valence electrons. The molecule has 1 N–H and O–H groups in total. The van der Waals surface area contributed by atoms with E-state index in [1.54, 1.807) is 6.26 Å². The van der Waals surface area contributed by atoms with Gasteiger partial charge in [-0.05, 0) is 13.3 Å². The average molecular weight is 169 g/mol. The summed E-state index contributed by atoms with van der Waals surface area (Å²) in [6.07, 6.45) is 2.91. The first kappa shape index (κ1) is 8.77. The third-order valence-electron chi connectivity index (χ3n) is 1.45. The van der Waals surface area contributed by atoms with Crippen molar-refractivity contribution in [3.63, 3.8) is 0 Å². The second-order valence-electron chi connectivity index (χ2n) is 2.63. The smallest absolute Gasteiger partial charge is 0.303 e. The zero-order valence-electron chi connectivity index (χ0n) is 6.91. The lowest BCUT2D eigenvalue weighted by molar-refractivity contribution is -0.137. The number of carboxylic acid groups (broad SMARTS) is 1. The van der Waals surface area contributed by atoms with E-state index < -0.39 is 5.97 Å². The number of carboxylic acids is 1. The van der Waals surface area contributed by atoms with Crippen LogP contribution in [0.5, 0.6) is 0 Å². The van der Waals surface area contributed by atoms with Gasteiger partial charge in [-0.2, -0.15) is 0 Å². The Morgan fingerprint density at radius 1 is 1.75 bits per heavy atom. The average Bonchev–Trinajstić information content (AvgIpc) is 2.35. The molecule has 4 heteroatoms. The summed E-state index contributed by atoms with van der Waals surface area (Å²) in [7, 11) is 0. The molecule has 0 bridgehead atoms. The lowest BCUT2D eigenvalue weighted by Gasteiger charge is -1.91. The van der Waals surface area contributed by atoms with Gasteiger partial charge in [0.05, 0.1) is 5.69 Å². The zero-order chi connectivity index (χ0) is 8.97. The van der Waals surface area contributed by atoms with E-state index in [1.165, 1.54) is 0 Å². The Morgan fingerprint density at radius 2 is 2.50 bits per heavy atom. The highest BCUT2D eigenvalue weighted by molar-refractivity contribution is 5.66. The summed E-state index contributed by atoms with van der Waals surface area (Å²) in [5.41, 5.74) is 0.834. The molecule has 0 saturated carbocycles. The lowest BCUT2D eigenvalue weighted by Crippen LogP contribution is -1.95. The molecule has 0 atom stereocenters. The zero-order valence-corrected chi connectivity index (χ0v) is 6.91. The largest absolute Gasteiger partial charge is 0.481 e. The molecular weight excluding hydrogens is 158 g/mol. The van der Waals surface area contributed by atoms with Crippen LogP contribution in [0.4, 0.5) is 0 Å². The van der Waals surface area contributed by atoms with Crippen molar-refractivity contribution < 1.29 is 14.3 Å². The van der Waals surface area contributed by atoms with Gasteiger partial charge in [0.2, 0.25) is 0 Å². The van der Waals surface area contributed by atoms with E-state index >= 15 is 0 Å². The molecule has 1 heterocycles. The highest BCUT2D eigenvalue weighted by Gasteiger charge is 2.02. The standard InChI is InChI=1S/C8H11NO3/c1-6-5-12-7(9-6)3-2-4-8(10)11/h5H,2-4H2,1H3,(H,10,11). The van der Waals surface area contributed by atoms with Crippen LogP contribution >= 0.6 is 0 Å². The van der Waals surface area contributed by atoms with E-state index in [-0.39, 0.29) is 6.42 Å². The van der Waals surface area contributed by atoms with Gasteiger partial charge >= 0.3 is 5.97 Å². The van der Waals surface area contributed by atoms with E-state index in [4.69, 9.17) is 9.52 Å². The van der Waals surface area contributed by atoms with Crippen LogP contribution in [0.25, 0.3) is 0 Å². The number of aliphatic carboxylic acids is 1. The van der Waals surface area contributed by atoms with Crippen LogP contribution in [0.2, 0.25) is 0 Å². The number of hydrogen-bond donors (Lipinski definition) is 1. The number of aryl methyl sites for hydroxylation is 2. The van der Waals surface area contributed by atoms with Crippen molar-refractivity contribution >= 4 is 5.97 Å². The molecule has 0 aliphatic heterocycles. The summed E-state index contributed by atoms with van der Waals surface area (Å²) in [5.74, 6) is -0.160. The lowest BCUT2D eigenvalue weighted by atomic mass is 10.2. The van der Waals surface area contributed by atoms with E-state index in [2.05, 4.69) is 4.98 Å². The number of rotatable bonds is 4. The maximum absolute atomic E-state index is 10.1. The first-order chi connectivity index (χ1) is 5.68. The Bertz CT molecular complexity index is 267. The van der Waals surface area contributed by atoms with Gasteiger partial charge in [-0.25, -0.2) is 4.98 Å². The van der Waals surface area contributed by atoms with E-state index in [0.29, 0.717) is 18.7 Å². The maximum Gasteiger partial charge on any atom is 0.303 e. The molecule has 1 aromatic heterocycles. The van der Waals surface area contributed by atoms with Gasteiger partial charge in [-0.1, -0.05) is 0 Å². The fourth-order valence-corrected chi connectivity index (χ4v) is 0.908. The molecule has 0 saturated heterocycles. The first-order valence-electron chi connectivity index (χ1n) is 3.81. The van der Waals surface area contributed by atoms with Gasteiger partial charge in [-0.3, -0.25) is 4.79 Å². The van der Waals surface area contributed by atoms with E-state index in [0.717, 1.165) is 5.69 Å². The maximum atomic E-state index is 10.1. The van der Waals surface area contributed by atoms with Crippen molar-refractivity contribution in [1.82, 2.24) is 4.98 Å². The summed E-state index contributed by atoms with van der Waals surface area (Å²) >= 11 is 0. The fourth-order valence-electron chi connectivity index (χ4n) is 0.908. The molecule has 0 radical (unpaired) electrons. The van der Waals surface area contributed by atoms with Gasteiger partial charge in [0.1, 0.15) is 6.26 Å². The van der Waals surface area contributed by atoms with Crippen LogP contribution in [0.15, 0.2) is 10.7 Å². The van der Waals surface area contributed by atoms with Gasteiger partial charge in [0, 0.05) is 12.8 Å². The van der Waals surface area contributed by atoms with Crippen LogP contribution < -0.4 is 0 Å². The third-order valence-corrected chi connectivity index (χ3v) is 1.45. The Balaban J connectivity index is 2.29. The minimum Gasteiger partial charge on any atom is -0.481 e. The molecule has 0 aliphatic carbocycles. The minimum absolute atomic E-state index is 0.168. The topological polar surface area (TPSA) is 63.3 Å². The van der Waals surface area contributed by atoms with Gasteiger partial charge in [0.25, 0.3) is 0 Å². The number of oxazole rings is 1. The number of carbonyl (C=O) groups is 1. The highest BCUT2D eigenvalue weighted by atomic mass is 16.4. The van der Waals surface area contributed by atoms with Crippen LogP contribution in [0, 0.1) is 6.92 Å². The molecule has 0 fully saturated rings. The minimum atomic E-state index is -0.779. The summed E-state index contributed by atoms with van der Waals surface area (Å²) in [6, 6.07) is 0. The van der Waals surface area contributed by atoms with Crippen molar-refractivity contribution in [3.8, 4) is 0 Å². The van der Waals surface area contributed by atoms with Crippen molar-refractivity contribution in [1.29, 1.82) is 0 Å². The molecule has 0 unspecified atom stereocenters. The predicted octanol–water partition coefficient (Wildman–Crippen LogP) is 1.39. The van der Waals surface area contributed by atoms with Gasteiger partial charge in [-0.15, -0.1) is 0 Å². The second kappa shape index (κ2) is 3.90. The molecule has 1 aromatic rings. The van der Waals surface area contributed by atoms with Crippen LogP contribution in [0.1, 0.15) is 24.4 Å².